The van der Waals surface area contributed by atoms with Crippen LogP contribution in [-0.4, -0.2) is 5.25 Å². The summed E-state index contributed by atoms with van der Waals surface area (Å²) in [6.07, 6.45) is 9.60. The lowest BCUT2D eigenvalue weighted by atomic mass is 9.79. The van der Waals surface area contributed by atoms with Crippen LogP contribution in [0.15, 0.2) is 0 Å². The summed E-state index contributed by atoms with van der Waals surface area (Å²) in [5, 5.41) is 0.555. The molecule has 0 amide bonds. The second-order valence-corrected chi connectivity index (χ2v) is 8.96. The maximum absolute atomic E-state index is 4.51. The molecule has 5 unspecified atom stereocenters. The number of hydrogen-bond donors (Lipinski definition) is 1. The van der Waals surface area contributed by atoms with E-state index in [0.717, 1.165) is 29.6 Å². The average Bonchev–Trinajstić information content (AvgIpc) is 2.42. The minimum absolute atomic E-state index is 0.555. The molecule has 0 N–H and O–H groups in total. The standard InChI is InChI=1S/C20H42S/c1-8-20(18(6)10-9-15(2)3)14-12-17(5)16(4)11-13-19(7)21/h15-21H,8-14H2,1-7H3. The summed E-state index contributed by atoms with van der Waals surface area (Å²) in [6, 6.07) is 0. The lowest BCUT2D eigenvalue weighted by molar-refractivity contribution is 0.247. The van der Waals surface area contributed by atoms with Gasteiger partial charge < -0.3 is 0 Å². The van der Waals surface area contributed by atoms with Gasteiger partial charge in [0.1, 0.15) is 0 Å². The first-order valence-corrected chi connectivity index (χ1v) is 9.97. The van der Waals surface area contributed by atoms with E-state index in [1.807, 2.05) is 0 Å². The fourth-order valence-corrected chi connectivity index (χ4v) is 3.42. The van der Waals surface area contributed by atoms with Crippen LogP contribution in [0, 0.1) is 29.6 Å². The first kappa shape index (κ1) is 21.4. The Morgan fingerprint density at radius 1 is 0.619 bits per heavy atom. The maximum Gasteiger partial charge on any atom is -0.00115 e. The molecule has 0 bridgehead atoms. The summed E-state index contributed by atoms with van der Waals surface area (Å²) >= 11 is 4.51. The van der Waals surface area contributed by atoms with Crippen LogP contribution in [-0.2, 0) is 0 Å². The number of rotatable bonds is 12. The lowest BCUT2D eigenvalue weighted by Gasteiger charge is -2.27. The zero-order valence-electron chi connectivity index (χ0n) is 15.9. The van der Waals surface area contributed by atoms with Gasteiger partial charge in [-0.25, -0.2) is 0 Å². The van der Waals surface area contributed by atoms with E-state index in [0.29, 0.717) is 5.25 Å². The van der Waals surface area contributed by atoms with Crippen LogP contribution in [0.3, 0.4) is 0 Å². The normalized spacial score (nSPS) is 19.3. The number of thiol groups is 1. The minimum atomic E-state index is 0.555. The van der Waals surface area contributed by atoms with Crippen molar-refractivity contribution in [3.63, 3.8) is 0 Å². The van der Waals surface area contributed by atoms with Crippen LogP contribution < -0.4 is 0 Å². The topological polar surface area (TPSA) is 0 Å². The Balaban J connectivity index is 4.07. The van der Waals surface area contributed by atoms with E-state index < -0.39 is 0 Å². The van der Waals surface area contributed by atoms with Gasteiger partial charge in [0.15, 0.2) is 0 Å². The molecule has 1 heteroatoms. The van der Waals surface area contributed by atoms with E-state index in [2.05, 4.69) is 61.1 Å². The third-order valence-corrected chi connectivity index (χ3v) is 5.79. The minimum Gasteiger partial charge on any atom is -0.176 e. The number of hydrogen-bond acceptors (Lipinski definition) is 1. The molecule has 0 rings (SSSR count). The van der Waals surface area contributed by atoms with E-state index in [1.165, 1.54) is 44.9 Å². The van der Waals surface area contributed by atoms with Gasteiger partial charge in [-0.3, -0.25) is 0 Å². The van der Waals surface area contributed by atoms with Gasteiger partial charge in [-0.1, -0.05) is 74.1 Å². The summed E-state index contributed by atoms with van der Waals surface area (Å²) in [5.41, 5.74) is 0. The summed E-state index contributed by atoms with van der Waals surface area (Å²) in [5.74, 6) is 4.40. The van der Waals surface area contributed by atoms with Crippen LogP contribution in [0.4, 0.5) is 0 Å². The summed E-state index contributed by atoms with van der Waals surface area (Å²) < 4.78 is 0. The molecule has 128 valence electrons. The van der Waals surface area contributed by atoms with Gasteiger partial charge in [0.25, 0.3) is 0 Å². The van der Waals surface area contributed by atoms with Crippen LogP contribution in [0.2, 0.25) is 0 Å². The Morgan fingerprint density at radius 3 is 1.52 bits per heavy atom. The molecule has 0 aliphatic carbocycles. The molecular formula is C20H42S. The van der Waals surface area contributed by atoms with Gasteiger partial charge in [-0.15, -0.1) is 0 Å². The highest BCUT2D eigenvalue weighted by atomic mass is 32.1. The third kappa shape index (κ3) is 10.7. The second kappa shape index (κ2) is 11.9. The molecule has 0 aromatic carbocycles. The summed E-state index contributed by atoms with van der Waals surface area (Å²) in [7, 11) is 0. The van der Waals surface area contributed by atoms with Gasteiger partial charge in [0, 0.05) is 0 Å². The maximum atomic E-state index is 4.51. The molecule has 0 aliphatic rings. The smallest absolute Gasteiger partial charge is 0.00115 e. The molecule has 0 aromatic rings. The van der Waals surface area contributed by atoms with E-state index in [4.69, 9.17) is 0 Å². The van der Waals surface area contributed by atoms with Gasteiger partial charge in [-0.05, 0) is 54.1 Å². The molecule has 0 radical (unpaired) electrons. The van der Waals surface area contributed by atoms with Crippen molar-refractivity contribution in [3.05, 3.63) is 0 Å². The molecular weight excluding hydrogens is 272 g/mol. The molecule has 0 heterocycles. The largest absolute Gasteiger partial charge is 0.176 e. The quantitative estimate of drug-likeness (QED) is 0.361. The van der Waals surface area contributed by atoms with Gasteiger partial charge in [0.2, 0.25) is 0 Å². The average molecular weight is 315 g/mol. The van der Waals surface area contributed by atoms with Crippen molar-refractivity contribution < 1.29 is 0 Å². The van der Waals surface area contributed by atoms with Crippen molar-refractivity contribution in [3.8, 4) is 0 Å². The summed E-state index contributed by atoms with van der Waals surface area (Å²) in [6.45, 7) is 16.7. The Hall–Kier alpha value is 0.350. The molecule has 0 spiro atoms. The zero-order valence-corrected chi connectivity index (χ0v) is 16.8. The highest BCUT2D eigenvalue weighted by molar-refractivity contribution is 7.80. The van der Waals surface area contributed by atoms with Crippen molar-refractivity contribution in [2.24, 2.45) is 29.6 Å². The molecule has 0 saturated carbocycles. The molecule has 0 aliphatic heterocycles. The van der Waals surface area contributed by atoms with E-state index >= 15 is 0 Å². The Morgan fingerprint density at radius 2 is 1.10 bits per heavy atom. The Bertz CT molecular complexity index is 234. The molecule has 0 saturated heterocycles. The predicted octanol–water partition coefficient (Wildman–Crippen LogP) is 7.24. The Kier molecular flexibility index (Phi) is 12.1. The van der Waals surface area contributed by atoms with Crippen molar-refractivity contribution in [2.45, 2.75) is 98.7 Å². The molecule has 0 fully saturated rings. The van der Waals surface area contributed by atoms with Crippen LogP contribution >= 0.6 is 12.6 Å². The van der Waals surface area contributed by atoms with Crippen molar-refractivity contribution in [1.29, 1.82) is 0 Å². The highest BCUT2D eigenvalue weighted by Crippen LogP contribution is 2.30. The van der Waals surface area contributed by atoms with Crippen LogP contribution in [0.25, 0.3) is 0 Å². The SMILES string of the molecule is CCC(CCC(C)C(C)CCC(C)S)C(C)CCC(C)C. The van der Waals surface area contributed by atoms with E-state index in [1.54, 1.807) is 0 Å². The monoisotopic (exact) mass is 314 g/mol. The van der Waals surface area contributed by atoms with E-state index in [9.17, 15) is 0 Å². The second-order valence-electron chi connectivity index (χ2n) is 8.08. The zero-order chi connectivity index (χ0) is 16.4. The van der Waals surface area contributed by atoms with Crippen molar-refractivity contribution in [2.75, 3.05) is 0 Å². The Labute approximate surface area is 141 Å². The summed E-state index contributed by atoms with van der Waals surface area (Å²) in [4.78, 5) is 0. The van der Waals surface area contributed by atoms with Crippen molar-refractivity contribution >= 4 is 12.6 Å². The molecule has 0 aromatic heterocycles. The van der Waals surface area contributed by atoms with Gasteiger partial charge >= 0.3 is 0 Å². The fourth-order valence-electron chi connectivity index (χ4n) is 3.27. The first-order chi connectivity index (χ1) is 9.77. The highest BCUT2D eigenvalue weighted by Gasteiger charge is 2.19. The first-order valence-electron chi connectivity index (χ1n) is 9.45. The van der Waals surface area contributed by atoms with Crippen LogP contribution in [0.1, 0.15) is 93.4 Å². The molecule has 0 nitrogen and oxygen atoms in total. The van der Waals surface area contributed by atoms with E-state index in [-0.39, 0.29) is 0 Å². The van der Waals surface area contributed by atoms with Gasteiger partial charge in [0.05, 0.1) is 0 Å². The van der Waals surface area contributed by atoms with Crippen LogP contribution in [0.5, 0.6) is 0 Å². The lowest BCUT2D eigenvalue weighted by Crippen LogP contribution is -2.16. The predicted molar refractivity (Wildman–Crippen MR) is 102 cm³/mol. The molecule has 21 heavy (non-hydrogen) atoms. The molecule has 5 atom stereocenters. The fraction of sp³-hybridized carbons (Fsp3) is 1.00. The van der Waals surface area contributed by atoms with Gasteiger partial charge in [-0.2, -0.15) is 12.6 Å². The van der Waals surface area contributed by atoms with Crippen molar-refractivity contribution in [1.82, 2.24) is 0 Å². The third-order valence-electron chi connectivity index (χ3n) is 5.53.